The molecule has 0 saturated heterocycles. The molecule has 4 nitrogen and oxygen atoms in total. The van der Waals surface area contributed by atoms with Crippen molar-refractivity contribution in [1.29, 1.82) is 5.26 Å². The van der Waals surface area contributed by atoms with Gasteiger partial charge in [0.1, 0.15) is 6.07 Å². The maximum absolute atomic E-state index is 10.6. The maximum Gasteiger partial charge on any atom is 0.202 e. The summed E-state index contributed by atoms with van der Waals surface area (Å²) in [6, 6.07) is 63.4. The zero-order valence-corrected chi connectivity index (χ0v) is 39.9. The van der Waals surface area contributed by atoms with Crippen molar-refractivity contribution in [3.63, 3.8) is 0 Å². The summed E-state index contributed by atoms with van der Waals surface area (Å²) in [4.78, 5) is 8.88. The predicted molar refractivity (Wildman–Crippen MR) is 295 cm³/mol. The van der Waals surface area contributed by atoms with E-state index in [1.165, 1.54) is 70.4 Å². The third-order valence-corrected chi connectivity index (χ3v) is 14.4. The van der Waals surface area contributed by atoms with Gasteiger partial charge in [0.25, 0.3) is 0 Å². The van der Waals surface area contributed by atoms with Crippen LogP contribution < -0.4 is 9.80 Å². The monoisotopic (exact) mass is 902 g/mol. The standard InChI is InChI=1S/C66H54N4/c1-45-18-32-53(33-19-45)69(64-16-8-12-51-10-4-6-14-57(51)64)55-36-26-47(27-37-55)22-24-49-31-41-60-61(42-49)63(44-67)59-40-30-50(43-62(59)66(60)68-3)25-23-48-28-38-56(39-29-48)70(54-34-20-46(2)21-35-54)65-17-9-13-52-11-5-7-15-58(52)65/h8-9,12-13,16-43H,4-7,10-11,14-15H2,1-2H3. The number of benzene rings is 9. The highest BCUT2D eigenvalue weighted by Crippen LogP contribution is 2.43. The molecule has 2 aliphatic carbocycles. The van der Waals surface area contributed by atoms with Gasteiger partial charge < -0.3 is 9.80 Å². The molecule has 0 fully saturated rings. The molecule has 0 unspecified atom stereocenters. The lowest BCUT2D eigenvalue weighted by Gasteiger charge is -2.30. The van der Waals surface area contributed by atoms with Crippen molar-refractivity contribution in [2.24, 2.45) is 0 Å². The lowest BCUT2D eigenvalue weighted by Crippen LogP contribution is -2.15. The van der Waals surface area contributed by atoms with Crippen LogP contribution in [0.3, 0.4) is 0 Å². The summed E-state index contributed by atoms with van der Waals surface area (Å²) in [7, 11) is 0. The summed E-state index contributed by atoms with van der Waals surface area (Å²) in [5.41, 5.74) is 20.6. The van der Waals surface area contributed by atoms with Crippen LogP contribution in [0.5, 0.6) is 0 Å². The molecule has 338 valence electrons. The van der Waals surface area contributed by atoms with Gasteiger partial charge in [-0.1, -0.05) is 139 Å². The van der Waals surface area contributed by atoms with Crippen molar-refractivity contribution in [1.82, 2.24) is 0 Å². The van der Waals surface area contributed by atoms with Crippen molar-refractivity contribution >= 4 is 85.7 Å². The molecular weight excluding hydrogens is 849 g/mol. The van der Waals surface area contributed by atoms with Crippen LogP contribution in [-0.4, -0.2) is 0 Å². The Labute approximate surface area is 412 Å². The minimum absolute atomic E-state index is 0.562. The van der Waals surface area contributed by atoms with E-state index in [9.17, 15) is 5.26 Å². The number of anilines is 6. The molecule has 0 atom stereocenters. The Balaban J connectivity index is 0.857. The van der Waals surface area contributed by atoms with Crippen molar-refractivity contribution in [2.45, 2.75) is 65.2 Å². The summed E-state index contributed by atoms with van der Waals surface area (Å²) in [5, 5.41) is 13.8. The molecule has 0 amide bonds. The molecule has 9 aromatic carbocycles. The molecule has 0 heterocycles. The lowest BCUT2D eigenvalue weighted by atomic mass is 9.90. The normalized spacial score (nSPS) is 13.3. The van der Waals surface area contributed by atoms with Crippen LogP contribution in [0, 0.1) is 31.8 Å². The fourth-order valence-corrected chi connectivity index (χ4v) is 10.7. The summed E-state index contributed by atoms with van der Waals surface area (Å²) in [6.45, 7) is 12.6. The fourth-order valence-electron chi connectivity index (χ4n) is 10.7. The molecular formula is C66H54N4. The first-order chi connectivity index (χ1) is 34.4. The van der Waals surface area contributed by atoms with Gasteiger partial charge in [-0.05, 0) is 198 Å². The number of rotatable bonds is 10. The maximum atomic E-state index is 10.6. The van der Waals surface area contributed by atoms with Crippen LogP contribution in [0.2, 0.25) is 0 Å². The van der Waals surface area contributed by atoms with Gasteiger partial charge in [0.05, 0.1) is 12.1 Å². The Bertz CT molecular complexity index is 3320. The quantitative estimate of drug-likeness (QED) is 0.0779. The molecule has 11 rings (SSSR count). The molecule has 0 N–H and O–H groups in total. The molecule has 0 aromatic heterocycles. The molecule has 0 aliphatic heterocycles. The third kappa shape index (κ3) is 8.66. The summed E-state index contributed by atoms with van der Waals surface area (Å²) >= 11 is 0. The number of nitriles is 1. The van der Waals surface area contributed by atoms with E-state index in [0.717, 1.165) is 92.2 Å². The highest BCUT2D eigenvalue weighted by atomic mass is 15.1. The lowest BCUT2D eigenvalue weighted by molar-refractivity contribution is 0.686. The highest BCUT2D eigenvalue weighted by molar-refractivity contribution is 6.16. The Morgan fingerprint density at radius 1 is 0.443 bits per heavy atom. The van der Waals surface area contributed by atoms with E-state index in [0.29, 0.717) is 11.3 Å². The Morgan fingerprint density at radius 3 is 1.30 bits per heavy atom. The Kier molecular flexibility index (Phi) is 12.1. The van der Waals surface area contributed by atoms with E-state index in [1.807, 2.05) is 24.3 Å². The van der Waals surface area contributed by atoms with Gasteiger partial charge in [-0.15, -0.1) is 0 Å². The largest absolute Gasteiger partial charge is 0.310 e. The molecule has 0 radical (unpaired) electrons. The summed E-state index contributed by atoms with van der Waals surface area (Å²) in [5.74, 6) is 0. The second-order valence-corrected chi connectivity index (χ2v) is 19.0. The van der Waals surface area contributed by atoms with Crippen molar-refractivity contribution in [2.75, 3.05) is 9.80 Å². The van der Waals surface area contributed by atoms with Gasteiger partial charge >= 0.3 is 0 Å². The SMILES string of the molecule is [C-]#[N+]c1c2ccc(C=Cc3ccc(N(c4ccc(C)cc4)c4cccc5c4CCCC5)cc3)cc2c(C#N)c2ccc(C=Cc3ccc(N(c4ccc(C)cc4)c4cccc5c4CCCC5)cc3)cc12. The highest BCUT2D eigenvalue weighted by Gasteiger charge is 2.22. The first kappa shape index (κ1) is 44.1. The van der Waals surface area contributed by atoms with Crippen molar-refractivity contribution in [3.8, 4) is 6.07 Å². The Morgan fingerprint density at radius 2 is 0.843 bits per heavy atom. The predicted octanol–water partition coefficient (Wildman–Crippen LogP) is 18.1. The number of hydrogen-bond donors (Lipinski definition) is 0. The van der Waals surface area contributed by atoms with Crippen LogP contribution in [0.25, 0.3) is 50.7 Å². The molecule has 9 aromatic rings. The number of nitrogens with zero attached hydrogens (tertiary/aromatic N) is 4. The fraction of sp³-hybridized carbons (Fsp3) is 0.152. The second-order valence-electron chi connectivity index (χ2n) is 19.0. The van der Waals surface area contributed by atoms with Gasteiger partial charge in [0.2, 0.25) is 5.69 Å². The van der Waals surface area contributed by atoms with Gasteiger partial charge in [-0.2, -0.15) is 5.26 Å². The average Bonchev–Trinajstić information content (AvgIpc) is 3.41. The van der Waals surface area contributed by atoms with Crippen molar-refractivity contribution < 1.29 is 0 Å². The van der Waals surface area contributed by atoms with Crippen LogP contribution in [0.15, 0.2) is 170 Å². The first-order valence-corrected chi connectivity index (χ1v) is 24.7. The van der Waals surface area contributed by atoms with E-state index in [2.05, 4.69) is 204 Å². The number of aryl methyl sites for hydroxylation is 4. The van der Waals surface area contributed by atoms with Crippen molar-refractivity contribution in [3.05, 3.63) is 242 Å². The first-order valence-electron chi connectivity index (χ1n) is 24.7. The van der Waals surface area contributed by atoms with Gasteiger partial charge in [0.15, 0.2) is 0 Å². The summed E-state index contributed by atoms with van der Waals surface area (Å²) in [6.07, 6.45) is 17.8. The number of fused-ring (bicyclic) bond motifs is 4. The minimum Gasteiger partial charge on any atom is -0.310 e. The van der Waals surface area contributed by atoms with Crippen LogP contribution in [0.4, 0.5) is 39.8 Å². The number of hydrogen-bond acceptors (Lipinski definition) is 3. The molecule has 0 saturated carbocycles. The molecule has 0 bridgehead atoms. The van der Waals surface area contributed by atoms with Gasteiger partial charge in [-0.25, -0.2) is 4.85 Å². The Hall–Kier alpha value is -8.44. The average molecular weight is 903 g/mol. The molecule has 0 spiro atoms. The van der Waals surface area contributed by atoms with Gasteiger partial charge in [0, 0.05) is 34.1 Å². The summed E-state index contributed by atoms with van der Waals surface area (Å²) < 4.78 is 0. The van der Waals surface area contributed by atoms with E-state index >= 15 is 0 Å². The van der Waals surface area contributed by atoms with Gasteiger partial charge in [-0.3, -0.25) is 0 Å². The van der Waals surface area contributed by atoms with E-state index in [4.69, 9.17) is 6.57 Å². The topological polar surface area (TPSA) is 34.6 Å². The van der Waals surface area contributed by atoms with Crippen LogP contribution >= 0.6 is 0 Å². The smallest absolute Gasteiger partial charge is 0.202 e. The molecule has 70 heavy (non-hydrogen) atoms. The van der Waals surface area contributed by atoms with E-state index in [1.54, 1.807) is 0 Å². The molecule has 4 heteroatoms. The second kappa shape index (κ2) is 19.3. The molecule has 2 aliphatic rings. The van der Waals surface area contributed by atoms with Crippen LogP contribution in [-0.2, 0) is 25.7 Å². The third-order valence-electron chi connectivity index (χ3n) is 14.4. The van der Waals surface area contributed by atoms with Crippen LogP contribution in [0.1, 0.15) is 86.9 Å². The van der Waals surface area contributed by atoms with E-state index in [-0.39, 0.29) is 0 Å². The zero-order chi connectivity index (χ0) is 47.6. The minimum atomic E-state index is 0.562. The van der Waals surface area contributed by atoms with E-state index < -0.39 is 0 Å². The zero-order valence-electron chi connectivity index (χ0n) is 39.9.